The van der Waals surface area contributed by atoms with Crippen molar-refractivity contribution in [1.82, 2.24) is 10.3 Å². The quantitative estimate of drug-likeness (QED) is 0.795. The van der Waals surface area contributed by atoms with Crippen LogP contribution in [0.25, 0.3) is 0 Å². The van der Waals surface area contributed by atoms with E-state index in [0.29, 0.717) is 6.54 Å². The van der Waals surface area contributed by atoms with E-state index in [1.807, 2.05) is 6.92 Å². The molecule has 5 heteroatoms. The Morgan fingerprint density at radius 3 is 2.79 bits per heavy atom. The Bertz CT molecular complexity index is 333. The minimum Gasteiger partial charge on any atom is -0.480 e. The maximum Gasteiger partial charge on any atom is 0.323 e. The van der Waals surface area contributed by atoms with Gasteiger partial charge in [-0.3, -0.25) is 10.1 Å². The van der Waals surface area contributed by atoms with Crippen molar-refractivity contribution < 1.29 is 9.90 Å². The summed E-state index contributed by atoms with van der Waals surface area (Å²) in [6.07, 6.45) is 1.77. The predicted molar refractivity (Wildman–Crippen MR) is 55.4 cm³/mol. The summed E-state index contributed by atoms with van der Waals surface area (Å²) in [5.74, 6) is -0.848. The summed E-state index contributed by atoms with van der Waals surface area (Å²) in [6.45, 7) is 5.76. The molecule has 1 rings (SSSR count). The van der Waals surface area contributed by atoms with Crippen LogP contribution in [0.2, 0.25) is 0 Å². The maximum absolute atomic E-state index is 10.8. The van der Waals surface area contributed by atoms with Gasteiger partial charge in [-0.1, -0.05) is 0 Å². The van der Waals surface area contributed by atoms with E-state index < -0.39 is 11.5 Å². The minimum atomic E-state index is -0.891. The number of aliphatic carboxylic acids is 1. The summed E-state index contributed by atoms with van der Waals surface area (Å²) in [7, 11) is 0. The zero-order valence-electron chi connectivity index (χ0n) is 8.50. The molecular formula is C9H14N2O2S. The van der Waals surface area contributed by atoms with E-state index in [9.17, 15) is 4.79 Å². The third kappa shape index (κ3) is 2.78. The van der Waals surface area contributed by atoms with Crippen molar-refractivity contribution in [1.29, 1.82) is 0 Å². The topological polar surface area (TPSA) is 62.2 Å². The van der Waals surface area contributed by atoms with Gasteiger partial charge in [-0.15, -0.1) is 11.3 Å². The fraction of sp³-hybridized carbons (Fsp3) is 0.556. The largest absolute Gasteiger partial charge is 0.480 e. The number of aromatic nitrogens is 1. The van der Waals surface area contributed by atoms with E-state index in [1.165, 1.54) is 0 Å². The van der Waals surface area contributed by atoms with Crippen LogP contribution in [0, 0.1) is 6.92 Å². The molecule has 0 saturated heterocycles. The summed E-state index contributed by atoms with van der Waals surface area (Å²) in [6, 6.07) is 0. The van der Waals surface area contributed by atoms with Crippen LogP contribution in [0.15, 0.2) is 6.20 Å². The normalized spacial score (nSPS) is 11.6. The van der Waals surface area contributed by atoms with Crippen molar-refractivity contribution in [3.63, 3.8) is 0 Å². The van der Waals surface area contributed by atoms with Crippen molar-refractivity contribution in [2.45, 2.75) is 32.9 Å². The average molecular weight is 214 g/mol. The Hall–Kier alpha value is -0.940. The van der Waals surface area contributed by atoms with Gasteiger partial charge in [0.15, 0.2) is 0 Å². The first-order valence-electron chi connectivity index (χ1n) is 4.31. The summed E-state index contributed by atoms with van der Waals surface area (Å²) in [4.78, 5) is 15.9. The van der Waals surface area contributed by atoms with Gasteiger partial charge in [0, 0.05) is 17.6 Å². The molecule has 1 heterocycles. The molecule has 0 bridgehead atoms. The number of thiazole rings is 1. The van der Waals surface area contributed by atoms with E-state index in [2.05, 4.69) is 10.3 Å². The second kappa shape index (κ2) is 4.06. The van der Waals surface area contributed by atoms with Gasteiger partial charge in [0.1, 0.15) is 5.54 Å². The highest BCUT2D eigenvalue weighted by atomic mass is 32.1. The van der Waals surface area contributed by atoms with E-state index in [0.717, 1.165) is 9.88 Å². The minimum absolute atomic E-state index is 0.546. The molecule has 0 spiro atoms. The number of carbonyl (C=O) groups is 1. The van der Waals surface area contributed by atoms with E-state index in [-0.39, 0.29) is 0 Å². The number of rotatable bonds is 4. The van der Waals surface area contributed by atoms with E-state index in [1.54, 1.807) is 31.4 Å². The first-order chi connectivity index (χ1) is 6.42. The highest BCUT2D eigenvalue weighted by molar-refractivity contribution is 7.11. The zero-order valence-corrected chi connectivity index (χ0v) is 9.31. The third-order valence-corrected chi connectivity index (χ3v) is 2.82. The molecule has 0 aromatic carbocycles. The molecule has 2 N–H and O–H groups in total. The fourth-order valence-electron chi connectivity index (χ4n) is 0.871. The lowest BCUT2D eigenvalue weighted by molar-refractivity contribution is -0.143. The second-order valence-electron chi connectivity index (χ2n) is 3.63. The van der Waals surface area contributed by atoms with Crippen LogP contribution in [-0.2, 0) is 11.3 Å². The molecule has 0 aliphatic heterocycles. The van der Waals surface area contributed by atoms with Gasteiger partial charge in [0.25, 0.3) is 0 Å². The highest BCUT2D eigenvalue weighted by Gasteiger charge is 2.25. The van der Waals surface area contributed by atoms with Crippen molar-refractivity contribution in [3.05, 3.63) is 16.1 Å². The first-order valence-corrected chi connectivity index (χ1v) is 5.13. The van der Waals surface area contributed by atoms with Gasteiger partial charge in [0.05, 0.1) is 5.01 Å². The number of aryl methyl sites for hydroxylation is 1. The van der Waals surface area contributed by atoms with E-state index >= 15 is 0 Å². The highest BCUT2D eigenvalue weighted by Crippen LogP contribution is 2.12. The van der Waals surface area contributed by atoms with Crippen molar-refractivity contribution in [3.8, 4) is 0 Å². The number of hydrogen-bond acceptors (Lipinski definition) is 4. The Balaban J connectivity index is 2.52. The van der Waals surface area contributed by atoms with Gasteiger partial charge in [0.2, 0.25) is 0 Å². The van der Waals surface area contributed by atoms with Crippen LogP contribution >= 0.6 is 11.3 Å². The molecule has 0 atom stereocenters. The summed E-state index contributed by atoms with van der Waals surface area (Å²) < 4.78 is 0. The number of nitrogens with one attached hydrogen (secondary N) is 1. The van der Waals surface area contributed by atoms with Crippen LogP contribution < -0.4 is 5.32 Å². The molecule has 78 valence electrons. The van der Waals surface area contributed by atoms with Crippen LogP contribution in [0.5, 0.6) is 0 Å². The van der Waals surface area contributed by atoms with Gasteiger partial charge >= 0.3 is 5.97 Å². The fourth-order valence-corrected chi connectivity index (χ4v) is 1.61. The Morgan fingerprint density at radius 2 is 2.36 bits per heavy atom. The van der Waals surface area contributed by atoms with Crippen molar-refractivity contribution in [2.24, 2.45) is 0 Å². The number of hydrogen-bond donors (Lipinski definition) is 2. The predicted octanol–water partition coefficient (Wildman–Crippen LogP) is 1.40. The standard InChI is InChI=1S/C9H14N2O2S/c1-6-10-4-7(14-6)5-11-9(2,3)8(12)13/h4,11H,5H2,1-3H3,(H,12,13). The van der Waals surface area contributed by atoms with Gasteiger partial charge < -0.3 is 5.11 Å². The second-order valence-corrected chi connectivity index (χ2v) is 4.95. The van der Waals surface area contributed by atoms with Crippen molar-refractivity contribution in [2.75, 3.05) is 0 Å². The molecule has 1 aromatic heterocycles. The average Bonchev–Trinajstić information content (AvgIpc) is 2.48. The van der Waals surface area contributed by atoms with Crippen LogP contribution in [0.1, 0.15) is 23.7 Å². The van der Waals surface area contributed by atoms with Crippen molar-refractivity contribution >= 4 is 17.3 Å². The Labute approximate surface area is 87.0 Å². The molecule has 0 radical (unpaired) electrons. The Kier molecular flexibility index (Phi) is 3.23. The molecular weight excluding hydrogens is 200 g/mol. The summed E-state index contributed by atoms with van der Waals surface area (Å²) in [5.41, 5.74) is -0.891. The molecule has 14 heavy (non-hydrogen) atoms. The molecule has 4 nitrogen and oxygen atoms in total. The molecule has 0 fully saturated rings. The van der Waals surface area contributed by atoms with Crippen LogP contribution in [-0.4, -0.2) is 21.6 Å². The lowest BCUT2D eigenvalue weighted by Gasteiger charge is -2.20. The first kappa shape index (κ1) is 11.1. The number of carboxylic acid groups (broad SMARTS) is 1. The van der Waals surface area contributed by atoms with Crippen LogP contribution in [0.3, 0.4) is 0 Å². The monoisotopic (exact) mass is 214 g/mol. The molecule has 0 saturated carbocycles. The zero-order chi connectivity index (χ0) is 10.8. The summed E-state index contributed by atoms with van der Waals surface area (Å²) >= 11 is 1.57. The smallest absolute Gasteiger partial charge is 0.323 e. The number of carboxylic acids is 1. The van der Waals surface area contributed by atoms with Gasteiger partial charge in [-0.25, -0.2) is 4.98 Å². The van der Waals surface area contributed by atoms with Gasteiger partial charge in [-0.2, -0.15) is 0 Å². The molecule has 0 aliphatic rings. The third-order valence-electron chi connectivity index (χ3n) is 1.91. The lowest BCUT2D eigenvalue weighted by atomic mass is 10.1. The number of nitrogens with zero attached hydrogens (tertiary/aromatic N) is 1. The van der Waals surface area contributed by atoms with E-state index in [4.69, 9.17) is 5.11 Å². The van der Waals surface area contributed by atoms with Gasteiger partial charge in [-0.05, 0) is 20.8 Å². The molecule has 0 aliphatic carbocycles. The molecule has 1 aromatic rings. The Morgan fingerprint density at radius 1 is 1.71 bits per heavy atom. The maximum atomic E-state index is 10.8. The summed E-state index contributed by atoms with van der Waals surface area (Å²) in [5, 5.41) is 12.8. The van der Waals surface area contributed by atoms with Crippen LogP contribution in [0.4, 0.5) is 0 Å². The molecule has 0 unspecified atom stereocenters. The molecule has 0 amide bonds. The lowest BCUT2D eigenvalue weighted by Crippen LogP contribution is -2.45. The SMILES string of the molecule is Cc1ncc(CNC(C)(C)C(=O)O)s1.